The fourth-order valence-electron chi connectivity index (χ4n) is 4.97. The molecule has 2 atom stereocenters. The minimum absolute atomic E-state index is 0.0847. The monoisotopic (exact) mass is 438 g/mol. The largest absolute Gasteiger partial charge is 0.508 e. The summed E-state index contributed by atoms with van der Waals surface area (Å²) in [7, 11) is -3.40. The summed E-state index contributed by atoms with van der Waals surface area (Å²) in [6, 6.07) is 4.31. The second-order valence-corrected chi connectivity index (χ2v) is 10.4. The van der Waals surface area contributed by atoms with Gasteiger partial charge in [-0.05, 0) is 62.6 Å². The van der Waals surface area contributed by atoms with Gasteiger partial charge in [-0.1, -0.05) is 0 Å². The Morgan fingerprint density at radius 3 is 2.67 bits per heavy atom. The van der Waals surface area contributed by atoms with E-state index in [4.69, 9.17) is 9.47 Å². The highest BCUT2D eigenvalue weighted by molar-refractivity contribution is 7.88. The molecule has 0 spiro atoms. The first-order valence-electron chi connectivity index (χ1n) is 10.6. The van der Waals surface area contributed by atoms with Gasteiger partial charge in [-0.3, -0.25) is 4.79 Å². The van der Waals surface area contributed by atoms with E-state index in [0.717, 1.165) is 37.5 Å². The number of hydrogen-bond donors (Lipinski definition) is 2. The van der Waals surface area contributed by atoms with Crippen molar-refractivity contribution in [3.63, 3.8) is 0 Å². The van der Waals surface area contributed by atoms with Crippen LogP contribution >= 0.6 is 0 Å². The molecule has 30 heavy (non-hydrogen) atoms. The summed E-state index contributed by atoms with van der Waals surface area (Å²) < 4.78 is 38.6. The molecule has 0 radical (unpaired) electrons. The Bertz CT molecular complexity index is 881. The molecule has 1 aromatic carbocycles. The van der Waals surface area contributed by atoms with Gasteiger partial charge in [0, 0.05) is 18.2 Å². The van der Waals surface area contributed by atoms with Gasteiger partial charge in [0.2, 0.25) is 10.0 Å². The lowest BCUT2D eigenvalue weighted by Crippen LogP contribution is -2.59. The standard InChI is InChI=1S/C21H30N2O6S/c1-30(26,27)22-18-3-2-10-23-19(18)12-28-16-7-4-14(5-8-16)17-11-15(24)6-9-20(17)29-13-21(23)25/h6,9,11,14,16,18-19,22,24H,2-5,7-8,10,12-13H2,1H3/t14?,16?,18-,19?/m0/s1. The SMILES string of the molecule is CS(=O)(=O)N[C@H]1CCCN2C(=O)COc3ccc(O)cc3C3CCC(CC3)OCC12. The van der Waals surface area contributed by atoms with E-state index in [9.17, 15) is 18.3 Å². The molecule has 1 aliphatic carbocycles. The maximum absolute atomic E-state index is 13.0. The molecule has 1 aromatic rings. The van der Waals surface area contributed by atoms with Crippen molar-refractivity contribution in [1.29, 1.82) is 0 Å². The number of phenols is 1. The number of nitrogens with zero attached hydrogens (tertiary/aromatic N) is 1. The number of benzene rings is 1. The fraction of sp³-hybridized carbons (Fsp3) is 0.667. The van der Waals surface area contributed by atoms with Crippen molar-refractivity contribution in [3.05, 3.63) is 23.8 Å². The molecule has 1 unspecified atom stereocenters. The Labute approximate surface area is 177 Å². The number of piperidine rings is 1. The van der Waals surface area contributed by atoms with Crippen molar-refractivity contribution in [1.82, 2.24) is 9.62 Å². The summed E-state index contributed by atoms with van der Waals surface area (Å²) in [5.74, 6) is 0.889. The van der Waals surface area contributed by atoms with Gasteiger partial charge in [-0.25, -0.2) is 13.1 Å². The second kappa shape index (κ2) is 8.72. The van der Waals surface area contributed by atoms with Crippen LogP contribution in [0.25, 0.3) is 0 Å². The first-order chi connectivity index (χ1) is 14.3. The highest BCUT2D eigenvalue weighted by Crippen LogP contribution is 2.40. The average Bonchev–Trinajstić information content (AvgIpc) is 2.71. The number of hydrogen-bond acceptors (Lipinski definition) is 6. The number of ether oxygens (including phenoxy) is 2. The molecule has 1 saturated heterocycles. The second-order valence-electron chi connectivity index (χ2n) is 8.61. The Balaban J connectivity index is 1.62. The summed E-state index contributed by atoms with van der Waals surface area (Å²) in [5, 5.41) is 9.96. The normalized spacial score (nSPS) is 30.3. The number of amides is 1. The molecule has 0 aromatic heterocycles. The molecule has 1 saturated carbocycles. The zero-order valence-corrected chi connectivity index (χ0v) is 18.1. The summed E-state index contributed by atoms with van der Waals surface area (Å²) >= 11 is 0. The van der Waals surface area contributed by atoms with Gasteiger partial charge in [-0.2, -0.15) is 0 Å². The molecule has 2 bridgehead atoms. The van der Waals surface area contributed by atoms with Crippen LogP contribution < -0.4 is 9.46 Å². The van der Waals surface area contributed by atoms with E-state index in [2.05, 4.69) is 4.72 Å². The molecule has 9 heteroatoms. The Morgan fingerprint density at radius 2 is 1.93 bits per heavy atom. The van der Waals surface area contributed by atoms with Crippen molar-refractivity contribution < 1.29 is 27.8 Å². The number of carbonyl (C=O) groups is 1. The van der Waals surface area contributed by atoms with Crippen LogP contribution in [0.3, 0.4) is 0 Å². The number of rotatable bonds is 2. The van der Waals surface area contributed by atoms with Crippen LogP contribution in [0.15, 0.2) is 18.2 Å². The van der Waals surface area contributed by atoms with Gasteiger partial charge in [0.1, 0.15) is 11.5 Å². The van der Waals surface area contributed by atoms with Crippen molar-refractivity contribution in [2.45, 2.75) is 62.6 Å². The minimum atomic E-state index is -3.40. The van der Waals surface area contributed by atoms with Gasteiger partial charge >= 0.3 is 0 Å². The van der Waals surface area contributed by atoms with Crippen LogP contribution in [-0.2, 0) is 19.6 Å². The summed E-state index contributed by atoms with van der Waals surface area (Å²) in [6.45, 7) is 0.728. The molecular weight excluding hydrogens is 408 g/mol. The topological polar surface area (TPSA) is 105 Å². The van der Waals surface area contributed by atoms with E-state index in [1.165, 1.54) is 0 Å². The lowest BCUT2D eigenvalue weighted by atomic mass is 9.82. The lowest BCUT2D eigenvalue weighted by molar-refractivity contribution is -0.140. The number of nitrogens with one attached hydrogen (secondary N) is 1. The molecule has 2 fully saturated rings. The predicted octanol–water partition coefficient (Wildman–Crippen LogP) is 1.74. The third-order valence-corrected chi connectivity index (χ3v) is 7.16. The number of carbonyl (C=O) groups excluding carboxylic acids is 1. The Kier molecular flexibility index (Phi) is 6.22. The number of fused-ring (bicyclic) bond motifs is 5. The molecule has 5 rings (SSSR count). The van der Waals surface area contributed by atoms with Crippen molar-refractivity contribution in [2.24, 2.45) is 0 Å². The molecular formula is C21H30N2O6S. The Morgan fingerprint density at radius 1 is 1.17 bits per heavy atom. The van der Waals surface area contributed by atoms with Crippen LogP contribution in [0.2, 0.25) is 0 Å². The zero-order valence-electron chi connectivity index (χ0n) is 17.2. The third kappa shape index (κ3) is 4.90. The Hall–Kier alpha value is -1.84. The highest BCUT2D eigenvalue weighted by Gasteiger charge is 2.37. The number of aromatic hydroxyl groups is 1. The first-order valence-corrected chi connectivity index (χ1v) is 12.5. The van der Waals surface area contributed by atoms with Crippen LogP contribution in [0, 0.1) is 0 Å². The zero-order chi connectivity index (χ0) is 21.3. The lowest BCUT2D eigenvalue weighted by Gasteiger charge is -2.41. The molecule has 1 amide bonds. The molecule has 4 aliphatic rings. The average molecular weight is 439 g/mol. The summed E-state index contributed by atoms with van der Waals surface area (Å²) in [5.41, 5.74) is 0.937. The van der Waals surface area contributed by atoms with E-state index in [1.54, 1.807) is 23.1 Å². The predicted molar refractivity (Wildman–Crippen MR) is 111 cm³/mol. The minimum Gasteiger partial charge on any atom is -0.508 e. The fourth-order valence-corrected chi connectivity index (χ4v) is 5.79. The highest BCUT2D eigenvalue weighted by atomic mass is 32.2. The smallest absolute Gasteiger partial charge is 0.260 e. The van der Waals surface area contributed by atoms with Crippen LogP contribution in [0.4, 0.5) is 0 Å². The van der Waals surface area contributed by atoms with Gasteiger partial charge in [-0.15, -0.1) is 0 Å². The van der Waals surface area contributed by atoms with E-state index >= 15 is 0 Å². The first kappa shape index (κ1) is 21.4. The summed E-state index contributed by atoms with van der Waals surface area (Å²) in [6.07, 6.45) is 6.20. The van der Waals surface area contributed by atoms with E-state index in [0.29, 0.717) is 31.7 Å². The molecule has 3 aliphatic heterocycles. The van der Waals surface area contributed by atoms with Crippen LogP contribution in [0.1, 0.15) is 50.0 Å². The number of phenolic OH excluding ortho intramolecular Hbond substituents is 1. The van der Waals surface area contributed by atoms with Crippen molar-refractivity contribution in [3.8, 4) is 11.5 Å². The summed E-state index contributed by atoms with van der Waals surface area (Å²) in [4.78, 5) is 14.7. The van der Waals surface area contributed by atoms with E-state index in [-0.39, 0.29) is 42.4 Å². The van der Waals surface area contributed by atoms with Crippen LogP contribution in [-0.4, -0.2) is 68.5 Å². The third-order valence-electron chi connectivity index (χ3n) is 6.43. The van der Waals surface area contributed by atoms with Gasteiger partial charge in [0.05, 0.1) is 25.0 Å². The van der Waals surface area contributed by atoms with Gasteiger partial charge in [0.15, 0.2) is 6.61 Å². The van der Waals surface area contributed by atoms with E-state index < -0.39 is 10.0 Å². The van der Waals surface area contributed by atoms with Gasteiger partial charge < -0.3 is 19.5 Å². The molecule has 2 N–H and O–H groups in total. The van der Waals surface area contributed by atoms with E-state index in [1.807, 2.05) is 0 Å². The molecule has 166 valence electrons. The molecule has 3 heterocycles. The maximum Gasteiger partial charge on any atom is 0.260 e. The van der Waals surface area contributed by atoms with Crippen LogP contribution in [0.5, 0.6) is 11.5 Å². The van der Waals surface area contributed by atoms with Gasteiger partial charge in [0.25, 0.3) is 5.91 Å². The number of sulfonamides is 1. The quantitative estimate of drug-likeness (QED) is 0.729. The van der Waals surface area contributed by atoms with Crippen molar-refractivity contribution in [2.75, 3.05) is 26.0 Å². The van der Waals surface area contributed by atoms with Crippen molar-refractivity contribution >= 4 is 15.9 Å². The molecule has 8 nitrogen and oxygen atoms in total. The maximum atomic E-state index is 13.0.